The molecule has 0 unspecified atom stereocenters. The number of rotatable bonds is 18. The number of halogens is 1. The van der Waals surface area contributed by atoms with Gasteiger partial charge in [0.05, 0.1) is 0 Å². The van der Waals surface area contributed by atoms with Crippen molar-refractivity contribution in [1.82, 2.24) is 0 Å². The van der Waals surface area contributed by atoms with E-state index in [0.29, 0.717) is 16.6 Å². The molecule has 0 saturated heterocycles. The third-order valence-electron chi connectivity index (χ3n) is 8.07. The smallest absolute Gasteiger partial charge is 0.125 e. The van der Waals surface area contributed by atoms with Crippen LogP contribution in [0.3, 0.4) is 0 Å². The summed E-state index contributed by atoms with van der Waals surface area (Å²) >= 11 is 3.75. The second-order valence-corrected chi connectivity index (χ2v) is 18.3. The molecule has 35 heavy (non-hydrogen) atoms. The normalized spacial score (nSPS) is 12.0. The zero-order chi connectivity index (χ0) is 26.1. The Morgan fingerprint density at radius 3 is 1.49 bits per heavy atom. The second kappa shape index (κ2) is 18.7. The van der Waals surface area contributed by atoms with E-state index in [-0.39, 0.29) is 0 Å². The van der Waals surface area contributed by atoms with Gasteiger partial charge in [0, 0.05) is 10.0 Å². The van der Waals surface area contributed by atoms with Crippen molar-refractivity contribution in [1.29, 1.82) is 0 Å². The Balaban J connectivity index is 2.39. The molecule has 0 spiro atoms. The van der Waals surface area contributed by atoms with Gasteiger partial charge in [-0.1, -0.05) is 154 Å². The van der Waals surface area contributed by atoms with Crippen LogP contribution in [-0.4, -0.2) is 8.07 Å². The van der Waals surface area contributed by atoms with E-state index in [1.165, 1.54) is 112 Å². The molecule has 0 N–H and O–H groups in total. The Morgan fingerprint density at radius 2 is 1.06 bits per heavy atom. The van der Waals surface area contributed by atoms with Crippen molar-refractivity contribution >= 4 is 24.0 Å². The van der Waals surface area contributed by atoms with Crippen molar-refractivity contribution in [2.45, 2.75) is 161 Å². The first kappa shape index (κ1) is 32.5. The molecule has 1 aromatic carbocycles. The number of aryl methyl sites for hydroxylation is 1. The van der Waals surface area contributed by atoms with Crippen molar-refractivity contribution in [3.63, 3.8) is 0 Å². The van der Waals surface area contributed by atoms with E-state index in [1.54, 1.807) is 0 Å². The van der Waals surface area contributed by atoms with Gasteiger partial charge in [-0.15, -0.1) is 5.54 Å². The molecule has 0 radical (unpaired) electrons. The van der Waals surface area contributed by atoms with Crippen molar-refractivity contribution in [2.24, 2.45) is 0 Å². The van der Waals surface area contributed by atoms with Gasteiger partial charge in [-0.05, 0) is 53.2 Å². The molecule has 2 heteroatoms. The summed E-state index contributed by atoms with van der Waals surface area (Å²) in [7, 11) is -1.68. The molecule has 0 aliphatic carbocycles. The van der Waals surface area contributed by atoms with E-state index in [2.05, 4.69) is 94.1 Å². The van der Waals surface area contributed by atoms with Crippen LogP contribution in [0.4, 0.5) is 0 Å². The van der Waals surface area contributed by atoms with Gasteiger partial charge in [0.2, 0.25) is 0 Å². The lowest BCUT2D eigenvalue weighted by molar-refractivity contribution is 0.535. The molecule has 0 aromatic heterocycles. The maximum atomic E-state index is 3.89. The van der Waals surface area contributed by atoms with Gasteiger partial charge in [0.25, 0.3) is 0 Å². The first-order valence-corrected chi connectivity index (χ1v) is 18.1. The van der Waals surface area contributed by atoms with E-state index in [9.17, 15) is 0 Å². The summed E-state index contributed by atoms with van der Waals surface area (Å²) in [6.07, 6.45) is 21.0. The van der Waals surface area contributed by atoms with E-state index in [4.69, 9.17) is 0 Å². The summed E-state index contributed by atoms with van der Waals surface area (Å²) in [5.74, 6) is 3.64. The Labute approximate surface area is 230 Å². The van der Waals surface area contributed by atoms with E-state index in [1.807, 2.05) is 0 Å². The zero-order valence-corrected chi connectivity index (χ0v) is 27.0. The van der Waals surface area contributed by atoms with Gasteiger partial charge < -0.3 is 0 Å². The topological polar surface area (TPSA) is 0 Å². The summed E-state index contributed by atoms with van der Waals surface area (Å²) in [5.41, 5.74) is 8.56. The minimum absolute atomic E-state index is 0.678. The summed E-state index contributed by atoms with van der Waals surface area (Å²) in [5, 5.41) is 0. The van der Waals surface area contributed by atoms with Crippen molar-refractivity contribution in [3.05, 3.63) is 33.8 Å². The molecular formula is C33H57BrSi. The van der Waals surface area contributed by atoms with Crippen molar-refractivity contribution < 1.29 is 0 Å². The van der Waals surface area contributed by atoms with Crippen LogP contribution in [0.25, 0.3) is 0 Å². The molecule has 0 fully saturated rings. The zero-order valence-electron chi connectivity index (χ0n) is 24.4. The summed E-state index contributed by atoms with van der Waals surface area (Å²) in [4.78, 5) is 0. The molecule has 0 heterocycles. The summed E-state index contributed by atoms with van der Waals surface area (Å²) < 4.78 is 1.18. The highest BCUT2D eigenvalue weighted by molar-refractivity contribution is 9.10. The van der Waals surface area contributed by atoms with Gasteiger partial charge in [-0.3, -0.25) is 0 Å². The van der Waals surface area contributed by atoms with Crippen molar-refractivity contribution in [3.8, 4) is 11.5 Å². The van der Waals surface area contributed by atoms with Crippen molar-refractivity contribution in [2.75, 3.05) is 0 Å². The van der Waals surface area contributed by atoms with Gasteiger partial charge >= 0.3 is 0 Å². The molecular weight excluding hydrogens is 504 g/mol. The average molecular weight is 562 g/mol. The van der Waals surface area contributed by atoms with E-state index < -0.39 is 8.07 Å². The minimum Gasteiger partial charge on any atom is -0.125 e. The molecule has 1 aromatic rings. The quantitative estimate of drug-likeness (QED) is 0.0950. The molecule has 0 nitrogen and oxygen atoms in total. The fourth-order valence-electron chi connectivity index (χ4n) is 6.00. The van der Waals surface area contributed by atoms with Gasteiger partial charge in [0.15, 0.2) is 0 Å². The number of hydrogen-bond acceptors (Lipinski definition) is 0. The van der Waals surface area contributed by atoms with Crippen LogP contribution in [0.5, 0.6) is 0 Å². The van der Waals surface area contributed by atoms with E-state index in [0.717, 1.165) is 0 Å². The van der Waals surface area contributed by atoms with Crippen LogP contribution >= 0.6 is 15.9 Å². The number of hydrogen-bond donors (Lipinski definition) is 0. The highest BCUT2D eigenvalue weighted by Crippen LogP contribution is 2.40. The Hall–Kier alpha value is -0.523. The fourth-order valence-corrected chi connectivity index (χ4v) is 11.8. The van der Waals surface area contributed by atoms with Gasteiger partial charge in [-0.25, -0.2) is 0 Å². The standard InChI is InChI=1S/C33H57BrSi/c1-8-9-10-11-12-13-14-15-16-17-18-19-20-21-22-31-25-32(27-33(34)26-31)23-24-35(28(2)3,29(4)5)30(6)7/h25-30H,8-22H2,1-7H3. The molecule has 1 rings (SSSR count). The SMILES string of the molecule is CCCCCCCCCCCCCCCCc1cc(Br)cc(C#C[Si](C(C)C)(C(C)C)C(C)C)c1. The van der Waals surface area contributed by atoms with Crippen LogP contribution in [0.2, 0.25) is 16.6 Å². The van der Waals surface area contributed by atoms with Gasteiger partial charge in [0.1, 0.15) is 8.07 Å². The van der Waals surface area contributed by atoms with Gasteiger partial charge in [-0.2, -0.15) is 0 Å². The summed E-state index contributed by atoms with van der Waals surface area (Å²) in [6, 6.07) is 6.85. The lowest BCUT2D eigenvalue weighted by Crippen LogP contribution is -2.43. The van der Waals surface area contributed by atoms with Crippen LogP contribution < -0.4 is 0 Å². The third-order valence-corrected chi connectivity index (χ3v) is 14.8. The molecule has 0 saturated carbocycles. The Kier molecular flexibility index (Phi) is 17.3. The second-order valence-electron chi connectivity index (χ2n) is 11.8. The Bertz CT molecular complexity index is 715. The molecule has 0 amide bonds. The van der Waals surface area contributed by atoms with Crippen LogP contribution in [0, 0.1) is 11.5 Å². The van der Waals surface area contributed by atoms with Crippen LogP contribution in [-0.2, 0) is 6.42 Å². The van der Waals surface area contributed by atoms with Crippen LogP contribution in [0.15, 0.2) is 22.7 Å². The molecule has 0 bridgehead atoms. The highest BCUT2D eigenvalue weighted by atomic mass is 79.9. The molecule has 0 atom stereocenters. The largest absolute Gasteiger partial charge is 0.146 e. The Morgan fingerprint density at radius 1 is 0.629 bits per heavy atom. The summed E-state index contributed by atoms with van der Waals surface area (Å²) in [6.45, 7) is 16.6. The van der Waals surface area contributed by atoms with E-state index >= 15 is 0 Å². The number of unbranched alkanes of at least 4 members (excludes halogenated alkanes) is 13. The number of benzene rings is 1. The maximum absolute atomic E-state index is 3.89. The first-order valence-electron chi connectivity index (χ1n) is 15.1. The monoisotopic (exact) mass is 560 g/mol. The molecule has 200 valence electrons. The minimum atomic E-state index is -1.68. The lowest BCUT2D eigenvalue weighted by atomic mass is 10.0. The fraction of sp³-hybridized carbons (Fsp3) is 0.758. The first-order chi connectivity index (χ1) is 16.7. The highest BCUT2D eigenvalue weighted by Gasteiger charge is 2.41. The third kappa shape index (κ3) is 12.5. The average Bonchev–Trinajstić information content (AvgIpc) is 2.78. The molecule has 0 aliphatic heterocycles. The lowest BCUT2D eigenvalue weighted by Gasteiger charge is -2.38. The van der Waals surface area contributed by atoms with Crippen LogP contribution in [0.1, 0.15) is 149 Å². The predicted octanol–water partition coefficient (Wildman–Crippen LogP) is 12.0. The maximum Gasteiger partial charge on any atom is 0.146 e. The molecule has 0 aliphatic rings. The predicted molar refractivity (Wildman–Crippen MR) is 166 cm³/mol.